The highest BCUT2D eigenvalue weighted by Crippen LogP contribution is 2.53. The summed E-state index contributed by atoms with van der Waals surface area (Å²) >= 11 is 0. The third-order valence-corrected chi connectivity index (χ3v) is 8.37. The number of ether oxygens (including phenoxy) is 4. The normalized spacial score (nSPS) is 19.5. The zero-order chi connectivity index (χ0) is 32.9. The van der Waals surface area contributed by atoms with E-state index in [2.05, 4.69) is 0 Å². The minimum atomic E-state index is -0.782. The van der Waals surface area contributed by atoms with Crippen LogP contribution in [0.4, 0.5) is 0 Å². The lowest BCUT2D eigenvalue weighted by molar-refractivity contribution is -0.162. The van der Waals surface area contributed by atoms with E-state index in [0.29, 0.717) is 6.42 Å². The molecule has 2 aromatic carbocycles. The van der Waals surface area contributed by atoms with Gasteiger partial charge in [-0.3, -0.25) is 19.2 Å². The standard InChI is InChI=1S/C35H28O12/c36-26(20-7-11-24(12-8-20)46-32(38)28-3-1-15-42-28)18-44-34(40)30-22-5-6-23(17-22)31(30)35(41)45-19-27(37)21-9-13-25(14-10-21)47-33(39)29-4-2-16-43-29/h1-4,7-16,22-23,30-31H,5-6,17-19H2. The monoisotopic (exact) mass is 640 g/mol. The summed E-state index contributed by atoms with van der Waals surface area (Å²) in [6, 6.07) is 17.5. The summed E-state index contributed by atoms with van der Waals surface area (Å²) in [7, 11) is 0. The van der Waals surface area contributed by atoms with Gasteiger partial charge in [0, 0.05) is 11.1 Å². The van der Waals surface area contributed by atoms with Crippen LogP contribution in [0.3, 0.4) is 0 Å². The Morgan fingerprint density at radius 1 is 0.574 bits per heavy atom. The van der Waals surface area contributed by atoms with Gasteiger partial charge in [0.05, 0.1) is 24.4 Å². The number of ketones is 2. The summed E-state index contributed by atoms with van der Waals surface area (Å²) < 4.78 is 31.1. The van der Waals surface area contributed by atoms with Gasteiger partial charge in [-0.1, -0.05) is 0 Å². The topological polar surface area (TPSA) is 166 Å². The van der Waals surface area contributed by atoms with Crippen molar-refractivity contribution in [2.75, 3.05) is 13.2 Å². The van der Waals surface area contributed by atoms with E-state index in [-0.39, 0.29) is 46.0 Å². The Morgan fingerprint density at radius 3 is 1.34 bits per heavy atom. The highest BCUT2D eigenvalue weighted by atomic mass is 16.6. The highest BCUT2D eigenvalue weighted by Gasteiger charge is 2.55. The second-order valence-electron chi connectivity index (χ2n) is 11.2. The van der Waals surface area contributed by atoms with Crippen molar-refractivity contribution in [2.24, 2.45) is 23.7 Å². The van der Waals surface area contributed by atoms with Gasteiger partial charge in [-0.15, -0.1) is 0 Å². The van der Waals surface area contributed by atoms with Crippen LogP contribution < -0.4 is 9.47 Å². The van der Waals surface area contributed by atoms with Crippen LogP contribution in [0.2, 0.25) is 0 Å². The molecular formula is C35H28O12. The van der Waals surface area contributed by atoms with Gasteiger partial charge >= 0.3 is 23.9 Å². The third-order valence-electron chi connectivity index (χ3n) is 8.37. The number of fused-ring (bicyclic) bond motifs is 2. The molecule has 12 nitrogen and oxygen atoms in total. The minimum Gasteiger partial charge on any atom is -0.457 e. The molecule has 4 unspecified atom stereocenters. The Labute approximate surface area is 267 Å². The van der Waals surface area contributed by atoms with E-state index in [1.807, 2.05) is 0 Å². The molecule has 12 heteroatoms. The lowest BCUT2D eigenvalue weighted by atomic mass is 9.79. The van der Waals surface area contributed by atoms with E-state index >= 15 is 0 Å². The fourth-order valence-electron chi connectivity index (χ4n) is 6.12. The molecule has 2 aliphatic carbocycles. The number of hydrogen-bond acceptors (Lipinski definition) is 12. The number of Topliss-reactive ketones (excluding diaryl/α,β-unsaturated/α-hetero) is 2. The largest absolute Gasteiger partial charge is 0.457 e. The first-order chi connectivity index (χ1) is 22.8. The predicted molar refractivity (Wildman–Crippen MR) is 159 cm³/mol. The van der Waals surface area contributed by atoms with Crippen LogP contribution in [0.5, 0.6) is 11.5 Å². The molecule has 2 aromatic heterocycles. The summed E-state index contributed by atoms with van der Waals surface area (Å²) in [4.78, 5) is 75.9. The first-order valence-electron chi connectivity index (χ1n) is 14.9. The smallest absolute Gasteiger partial charge is 0.379 e. The molecule has 6 rings (SSSR count). The number of rotatable bonds is 12. The number of esters is 4. The van der Waals surface area contributed by atoms with E-state index in [0.717, 1.165) is 12.8 Å². The van der Waals surface area contributed by atoms with Crippen molar-refractivity contribution in [1.82, 2.24) is 0 Å². The molecule has 0 N–H and O–H groups in total. The fourth-order valence-corrected chi connectivity index (χ4v) is 6.12. The number of carbonyl (C=O) groups excluding carboxylic acids is 6. The molecule has 0 amide bonds. The summed E-state index contributed by atoms with van der Waals surface area (Å²) in [5.41, 5.74) is 0.475. The molecule has 0 aliphatic heterocycles. The molecule has 240 valence electrons. The fraction of sp³-hybridized carbons (Fsp3) is 0.257. The van der Waals surface area contributed by atoms with E-state index in [9.17, 15) is 28.8 Å². The van der Waals surface area contributed by atoms with Crippen LogP contribution >= 0.6 is 0 Å². The van der Waals surface area contributed by atoms with Gasteiger partial charge in [-0.2, -0.15) is 0 Å². The maximum atomic E-state index is 13.2. The minimum absolute atomic E-state index is 0.0320. The predicted octanol–water partition coefficient (Wildman–Crippen LogP) is 5.13. The first-order valence-corrected chi connectivity index (χ1v) is 14.9. The van der Waals surface area contributed by atoms with Gasteiger partial charge in [0.25, 0.3) is 0 Å². The summed E-state index contributed by atoms with van der Waals surface area (Å²) in [5.74, 6) is -4.93. The van der Waals surface area contributed by atoms with Gasteiger partial charge < -0.3 is 27.8 Å². The van der Waals surface area contributed by atoms with Crippen LogP contribution in [-0.4, -0.2) is 48.7 Å². The zero-order valence-electron chi connectivity index (χ0n) is 24.8. The van der Waals surface area contributed by atoms with Crippen molar-refractivity contribution in [3.8, 4) is 11.5 Å². The van der Waals surface area contributed by atoms with E-state index in [4.69, 9.17) is 27.8 Å². The maximum absolute atomic E-state index is 13.2. The highest BCUT2D eigenvalue weighted by molar-refractivity contribution is 5.99. The van der Waals surface area contributed by atoms with Crippen LogP contribution in [0.1, 0.15) is 61.1 Å². The molecule has 4 aromatic rings. The Balaban J connectivity index is 0.993. The first kappa shape index (κ1) is 31.2. The number of furan rings is 2. The molecule has 0 saturated heterocycles. The lowest BCUT2D eigenvalue weighted by Crippen LogP contribution is -2.38. The van der Waals surface area contributed by atoms with E-state index in [1.165, 1.54) is 73.2 Å². The average Bonchev–Trinajstić information content (AvgIpc) is 3.92. The van der Waals surface area contributed by atoms with Gasteiger partial charge in [-0.05, 0) is 104 Å². The number of hydrogen-bond donors (Lipinski definition) is 0. The van der Waals surface area contributed by atoms with Crippen LogP contribution in [-0.2, 0) is 19.1 Å². The molecule has 2 fully saturated rings. The van der Waals surface area contributed by atoms with Crippen molar-refractivity contribution >= 4 is 35.4 Å². The molecule has 47 heavy (non-hydrogen) atoms. The molecule has 0 radical (unpaired) electrons. The third kappa shape index (κ3) is 7.06. The summed E-state index contributed by atoms with van der Waals surface area (Å²) in [6.07, 6.45) is 4.83. The Bertz CT molecular complexity index is 1640. The Hall–Kier alpha value is -5.78. The maximum Gasteiger partial charge on any atom is 0.379 e. The van der Waals surface area contributed by atoms with Gasteiger partial charge in [0.2, 0.25) is 11.5 Å². The number of carbonyl (C=O) groups is 6. The molecule has 0 spiro atoms. The second-order valence-corrected chi connectivity index (χ2v) is 11.2. The quantitative estimate of drug-likeness (QED) is 0.114. The van der Waals surface area contributed by atoms with Gasteiger partial charge in [-0.25, -0.2) is 9.59 Å². The number of benzene rings is 2. The molecule has 2 saturated carbocycles. The molecule has 4 atom stereocenters. The SMILES string of the molecule is O=C(COC(=O)C1C2CCC(C2)C1C(=O)OCC(=O)c1ccc(OC(=O)c2ccco2)cc1)c1ccc(OC(=O)c2ccco2)cc1. The van der Waals surface area contributed by atoms with Crippen molar-refractivity contribution in [1.29, 1.82) is 0 Å². The van der Waals surface area contributed by atoms with Gasteiger partial charge in [0.15, 0.2) is 24.8 Å². The van der Waals surface area contributed by atoms with Crippen LogP contribution in [0.15, 0.2) is 94.2 Å². The van der Waals surface area contributed by atoms with Crippen molar-refractivity contribution in [2.45, 2.75) is 19.3 Å². The van der Waals surface area contributed by atoms with E-state index in [1.54, 1.807) is 12.1 Å². The zero-order valence-corrected chi connectivity index (χ0v) is 24.8. The average molecular weight is 641 g/mol. The summed E-state index contributed by atoms with van der Waals surface area (Å²) in [5, 5.41) is 0. The van der Waals surface area contributed by atoms with Gasteiger partial charge in [0.1, 0.15) is 11.5 Å². The van der Waals surface area contributed by atoms with Crippen LogP contribution in [0, 0.1) is 23.7 Å². The van der Waals surface area contributed by atoms with E-state index < -0.39 is 60.5 Å². The summed E-state index contributed by atoms with van der Waals surface area (Å²) in [6.45, 7) is -1.07. The van der Waals surface area contributed by atoms with Crippen molar-refractivity contribution in [3.05, 3.63) is 108 Å². The lowest BCUT2D eigenvalue weighted by Gasteiger charge is -2.27. The Morgan fingerprint density at radius 2 is 0.979 bits per heavy atom. The van der Waals surface area contributed by atoms with Crippen LogP contribution in [0.25, 0.3) is 0 Å². The molecule has 2 heterocycles. The van der Waals surface area contributed by atoms with Crippen molar-refractivity contribution in [3.63, 3.8) is 0 Å². The second kappa shape index (κ2) is 13.7. The Kier molecular flexibility index (Phi) is 9.09. The molecular weight excluding hydrogens is 612 g/mol. The molecule has 2 aliphatic rings. The molecule has 2 bridgehead atoms. The van der Waals surface area contributed by atoms with Crippen molar-refractivity contribution < 1.29 is 56.5 Å².